The second-order valence-electron chi connectivity index (χ2n) is 5.50. The van der Waals surface area contributed by atoms with E-state index in [9.17, 15) is 0 Å². The summed E-state index contributed by atoms with van der Waals surface area (Å²) in [5, 5.41) is 2.78. The lowest BCUT2D eigenvalue weighted by Gasteiger charge is -2.27. The summed E-state index contributed by atoms with van der Waals surface area (Å²) in [5.74, 6) is 0. The van der Waals surface area contributed by atoms with Gasteiger partial charge in [0.2, 0.25) is 0 Å². The standard InChI is InChI=1S/C17H15Cl4NS/c18-14-7-5-11(9-16(14)20)22(23-13-3-1-2-4-13)12-6-8-15(19)17(21)10-12/h5-10,13H,1-4H2. The molecule has 0 spiro atoms. The third-order valence-electron chi connectivity index (χ3n) is 3.83. The van der Waals surface area contributed by atoms with Crippen molar-refractivity contribution >= 4 is 69.7 Å². The zero-order valence-corrected chi connectivity index (χ0v) is 16.1. The lowest BCUT2D eigenvalue weighted by atomic mass is 10.2. The van der Waals surface area contributed by atoms with Crippen LogP contribution in [-0.2, 0) is 0 Å². The molecule has 0 amide bonds. The second kappa shape index (κ2) is 7.76. The highest BCUT2D eigenvalue weighted by molar-refractivity contribution is 8.01. The summed E-state index contributed by atoms with van der Waals surface area (Å²) in [6.07, 6.45) is 5.02. The van der Waals surface area contributed by atoms with Gasteiger partial charge < -0.3 is 0 Å². The van der Waals surface area contributed by atoms with E-state index in [0.717, 1.165) is 11.4 Å². The Balaban J connectivity index is 1.97. The number of anilines is 2. The fraction of sp³-hybridized carbons (Fsp3) is 0.294. The molecule has 0 N–H and O–H groups in total. The van der Waals surface area contributed by atoms with Crippen molar-refractivity contribution in [2.45, 2.75) is 30.9 Å². The van der Waals surface area contributed by atoms with E-state index in [0.29, 0.717) is 25.3 Å². The number of halogens is 4. The molecule has 1 aliphatic carbocycles. The zero-order valence-electron chi connectivity index (χ0n) is 12.2. The summed E-state index contributed by atoms with van der Waals surface area (Å²) in [4.78, 5) is 0. The molecule has 1 fully saturated rings. The average molecular weight is 407 g/mol. The first kappa shape index (κ1) is 17.6. The minimum Gasteiger partial charge on any atom is -0.284 e. The second-order valence-corrected chi connectivity index (χ2v) is 8.37. The van der Waals surface area contributed by atoms with Gasteiger partial charge in [-0.1, -0.05) is 59.2 Å². The van der Waals surface area contributed by atoms with Gasteiger partial charge in [-0.05, 0) is 61.2 Å². The Morgan fingerprint density at radius 2 is 1.22 bits per heavy atom. The molecule has 3 rings (SSSR count). The number of hydrogen-bond acceptors (Lipinski definition) is 2. The monoisotopic (exact) mass is 405 g/mol. The fourth-order valence-electron chi connectivity index (χ4n) is 2.64. The van der Waals surface area contributed by atoms with Crippen LogP contribution in [0.4, 0.5) is 11.4 Å². The molecule has 122 valence electrons. The number of nitrogens with zero attached hydrogens (tertiary/aromatic N) is 1. The van der Waals surface area contributed by atoms with Crippen LogP contribution in [-0.4, -0.2) is 5.25 Å². The van der Waals surface area contributed by atoms with E-state index >= 15 is 0 Å². The molecule has 1 aliphatic rings. The van der Waals surface area contributed by atoms with Crippen molar-refractivity contribution in [1.82, 2.24) is 0 Å². The van der Waals surface area contributed by atoms with Gasteiger partial charge in [-0.15, -0.1) is 0 Å². The van der Waals surface area contributed by atoms with Crippen LogP contribution in [0, 0.1) is 0 Å². The van der Waals surface area contributed by atoms with Crippen LogP contribution in [0.15, 0.2) is 36.4 Å². The molecule has 0 radical (unpaired) electrons. The predicted molar refractivity (Wildman–Crippen MR) is 105 cm³/mol. The Labute approximate surface area is 161 Å². The maximum atomic E-state index is 6.20. The van der Waals surface area contributed by atoms with Crippen LogP contribution in [0.2, 0.25) is 20.1 Å². The molecule has 0 heterocycles. The van der Waals surface area contributed by atoms with Crippen LogP contribution in [0.1, 0.15) is 25.7 Å². The summed E-state index contributed by atoms with van der Waals surface area (Å²) < 4.78 is 2.17. The summed E-state index contributed by atoms with van der Waals surface area (Å²) in [5.41, 5.74) is 1.96. The van der Waals surface area contributed by atoms with Gasteiger partial charge in [-0.25, -0.2) is 0 Å². The molecule has 2 aromatic rings. The van der Waals surface area contributed by atoms with Crippen molar-refractivity contribution in [3.63, 3.8) is 0 Å². The summed E-state index contributed by atoms with van der Waals surface area (Å²) in [6, 6.07) is 11.3. The molecule has 6 heteroatoms. The SMILES string of the molecule is Clc1ccc(N(SC2CCCC2)c2ccc(Cl)c(Cl)c2)cc1Cl. The van der Waals surface area contributed by atoms with Crippen molar-refractivity contribution in [3.05, 3.63) is 56.5 Å². The van der Waals surface area contributed by atoms with Crippen LogP contribution in [0.3, 0.4) is 0 Å². The van der Waals surface area contributed by atoms with E-state index < -0.39 is 0 Å². The van der Waals surface area contributed by atoms with E-state index in [2.05, 4.69) is 4.31 Å². The van der Waals surface area contributed by atoms with E-state index in [-0.39, 0.29) is 0 Å². The maximum Gasteiger partial charge on any atom is 0.0613 e. The summed E-state index contributed by atoms with van der Waals surface area (Å²) >= 11 is 26.3. The van der Waals surface area contributed by atoms with Gasteiger partial charge in [0.25, 0.3) is 0 Å². The van der Waals surface area contributed by atoms with Gasteiger partial charge in [-0.2, -0.15) is 0 Å². The van der Waals surface area contributed by atoms with Crippen molar-refractivity contribution < 1.29 is 0 Å². The lowest BCUT2D eigenvalue weighted by molar-refractivity contribution is 0.886. The molecule has 0 aliphatic heterocycles. The third-order valence-corrected chi connectivity index (χ3v) is 6.71. The molecule has 0 bridgehead atoms. The van der Waals surface area contributed by atoms with Gasteiger partial charge >= 0.3 is 0 Å². The Morgan fingerprint density at radius 1 is 0.739 bits per heavy atom. The van der Waals surface area contributed by atoms with Crippen molar-refractivity contribution in [3.8, 4) is 0 Å². The summed E-state index contributed by atoms with van der Waals surface area (Å²) in [7, 11) is 0. The van der Waals surface area contributed by atoms with Crippen molar-refractivity contribution in [2.24, 2.45) is 0 Å². The van der Waals surface area contributed by atoms with E-state index in [1.54, 1.807) is 0 Å². The molecule has 0 aromatic heterocycles. The van der Waals surface area contributed by atoms with Crippen LogP contribution in [0.5, 0.6) is 0 Å². The first-order valence-corrected chi connectivity index (χ1v) is 9.76. The van der Waals surface area contributed by atoms with Crippen LogP contribution in [0.25, 0.3) is 0 Å². The highest BCUT2D eigenvalue weighted by atomic mass is 35.5. The van der Waals surface area contributed by atoms with Gasteiger partial charge in [0.05, 0.1) is 31.5 Å². The Bertz CT molecular complexity index is 649. The largest absolute Gasteiger partial charge is 0.284 e. The fourth-order valence-corrected chi connectivity index (χ4v) is 4.53. The Hall–Kier alpha value is -0.250. The van der Waals surface area contributed by atoms with Crippen molar-refractivity contribution in [2.75, 3.05) is 4.31 Å². The number of rotatable bonds is 4. The molecule has 0 unspecified atom stereocenters. The molecular weight excluding hydrogens is 392 g/mol. The number of benzene rings is 2. The first-order valence-electron chi connectivity index (χ1n) is 7.41. The van der Waals surface area contributed by atoms with Crippen LogP contribution < -0.4 is 4.31 Å². The average Bonchev–Trinajstić information content (AvgIpc) is 3.04. The van der Waals surface area contributed by atoms with Gasteiger partial charge in [-0.3, -0.25) is 4.31 Å². The maximum absolute atomic E-state index is 6.20. The topological polar surface area (TPSA) is 3.24 Å². The van der Waals surface area contributed by atoms with Gasteiger partial charge in [0.15, 0.2) is 0 Å². The molecule has 1 saturated carbocycles. The molecule has 0 atom stereocenters. The minimum absolute atomic E-state index is 0.543. The normalized spacial score (nSPS) is 15.1. The Kier molecular flexibility index (Phi) is 5.92. The van der Waals surface area contributed by atoms with Crippen LogP contribution >= 0.6 is 58.4 Å². The zero-order chi connectivity index (χ0) is 16.4. The predicted octanol–water partition coefficient (Wildman–Crippen LogP) is 8.03. The highest BCUT2D eigenvalue weighted by Gasteiger charge is 2.22. The Morgan fingerprint density at radius 3 is 1.65 bits per heavy atom. The summed E-state index contributed by atoms with van der Waals surface area (Å²) in [6.45, 7) is 0. The van der Waals surface area contributed by atoms with Gasteiger partial charge in [0.1, 0.15) is 0 Å². The highest BCUT2D eigenvalue weighted by Crippen LogP contribution is 2.42. The molecule has 0 saturated heterocycles. The first-order chi connectivity index (χ1) is 11.0. The smallest absolute Gasteiger partial charge is 0.0613 e. The van der Waals surface area contributed by atoms with E-state index in [4.69, 9.17) is 46.4 Å². The van der Waals surface area contributed by atoms with E-state index in [1.807, 2.05) is 48.3 Å². The van der Waals surface area contributed by atoms with E-state index in [1.165, 1.54) is 25.7 Å². The molecule has 23 heavy (non-hydrogen) atoms. The lowest BCUT2D eigenvalue weighted by Crippen LogP contribution is -2.12. The van der Waals surface area contributed by atoms with Crippen molar-refractivity contribution in [1.29, 1.82) is 0 Å². The minimum atomic E-state index is 0.543. The molecular formula is C17H15Cl4NS. The quantitative estimate of drug-likeness (QED) is 0.472. The number of hydrogen-bond donors (Lipinski definition) is 0. The molecule has 1 nitrogen and oxygen atoms in total. The van der Waals surface area contributed by atoms with Gasteiger partial charge in [0, 0.05) is 5.25 Å². The molecule has 2 aromatic carbocycles. The third kappa shape index (κ3) is 4.24.